The highest BCUT2D eigenvalue weighted by molar-refractivity contribution is 5.54. The molecule has 1 spiro atoms. The molecule has 3 rings (SSSR count). The van der Waals surface area contributed by atoms with Crippen molar-refractivity contribution in [3.63, 3.8) is 0 Å². The van der Waals surface area contributed by atoms with Crippen molar-refractivity contribution in [2.24, 2.45) is 4.99 Å². The number of non-ortho nitro benzene ring substituents is 1. The first-order valence-electron chi connectivity index (χ1n) is 6.27. The van der Waals surface area contributed by atoms with Gasteiger partial charge in [-0.15, -0.1) is 0 Å². The van der Waals surface area contributed by atoms with Gasteiger partial charge in [0.1, 0.15) is 0 Å². The summed E-state index contributed by atoms with van der Waals surface area (Å²) in [5.41, 5.74) is -0.976. The Balaban J connectivity index is 2.22. The first kappa shape index (κ1) is 13.0. The van der Waals surface area contributed by atoms with Crippen molar-refractivity contribution in [1.82, 2.24) is 0 Å². The number of hydrogen-bond acceptors (Lipinski definition) is 4. The molecule has 1 aromatic rings. The van der Waals surface area contributed by atoms with Gasteiger partial charge in [0.15, 0.2) is 18.5 Å². The zero-order valence-electron chi connectivity index (χ0n) is 10.5. The van der Waals surface area contributed by atoms with Gasteiger partial charge in [0.25, 0.3) is 5.69 Å². The SMILES string of the molecule is O=[N+]([O-])c1ccc2c(c1)[C@@]1(CCC2)N=COCC1(F)F. The summed E-state index contributed by atoms with van der Waals surface area (Å²) < 4.78 is 33.3. The van der Waals surface area contributed by atoms with Gasteiger partial charge in [-0.2, -0.15) is 8.78 Å². The Kier molecular flexibility index (Phi) is 2.74. The number of aliphatic imine (C=N–C) groups is 1. The average Bonchev–Trinajstić information content (AvgIpc) is 2.42. The number of fused-ring (bicyclic) bond motifs is 2. The second-order valence-electron chi connectivity index (χ2n) is 5.06. The highest BCUT2D eigenvalue weighted by Crippen LogP contribution is 2.50. The van der Waals surface area contributed by atoms with Gasteiger partial charge in [0.2, 0.25) is 0 Å². The van der Waals surface area contributed by atoms with Crippen molar-refractivity contribution in [2.75, 3.05) is 6.61 Å². The number of benzene rings is 1. The zero-order chi connectivity index (χ0) is 14.4. The summed E-state index contributed by atoms with van der Waals surface area (Å²) in [5.74, 6) is -3.17. The van der Waals surface area contributed by atoms with E-state index in [0.717, 1.165) is 6.40 Å². The summed E-state index contributed by atoms with van der Waals surface area (Å²) >= 11 is 0. The van der Waals surface area contributed by atoms with Gasteiger partial charge < -0.3 is 4.74 Å². The Hall–Kier alpha value is -2.05. The van der Waals surface area contributed by atoms with Crippen LogP contribution in [-0.2, 0) is 16.7 Å². The molecule has 106 valence electrons. The number of nitro groups is 1. The number of nitro benzene ring substituents is 1. The number of aryl methyl sites for hydroxylation is 1. The van der Waals surface area contributed by atoms with E-state index >= 15 is 0 Å². The van der Waals surface area contributed by atoms with E-state index in [9.17, 15) is 18.9 Å². The van der Waals surface area contributed by atoms with E-state index < -0.39 is 23.0 Å². The minimum atomic E-state index is -3.17. The van der Waals surface area contributed by atoms with Crippen LogP contribution in [0.5, 0.6) is 0 Å². The maximum atomic E-state index is 14.3. The van der Waals surface area contributed by atoms with Gasteiger partial charge in [0.05, 0.1) is 4.92 Å². The maximum absolute atomic E-state index is 14.3. The molecule has 1 aliphatic heterocycles. The van der Waals surface area contributed by atoms with Gasteiger partial charge >= 0.3 is 5.92 Å². The summed E-state index contributed by atoms with van der Waals surface area (Å²) in [5, 5.41) is 10.9. The van der Waals surface area contributed by atoms with Crippen molar-refractivity contribution < 1.29 is 18.4 Å². The molecule has 0 unspecified atom stereocenters. The molecule has 0 N–H and O–H groups in total. The van der Waals surface area contributed by atoms with E-state index in [4.69, 9.17) is 0 Å². The number of hydrogen-bond donors (Lipinski definition) is 0. The Labute approximate surface area is 113 Å². The summed E-state index contributed by atoms with van der Waals surface area (Å²) in [7, 11) is 0. The number of nitrogens with zero attached hydrogens (tertiary/aromatic N) is 2. The molecular weight excluding hydrogens is 270 g/mol. The lowest BCUT2D eigenvalue weighted by Crippen LogP contribution is -2.51. The van der Waals surface area contributed by atoms with Crippen LogP contribution in [0.4, 0.5) is 14.5 Å². The van der Waals surface area contributed by atoms with Crippen LogP contribution in [0, 0.1) is 10.1 Å². The van der Waals surface area contributed by atoms with Crippen LogP contribution in [0.2, 0.25) is 0 Å². The lowest BCUT2D eigenvalue weighted by Gasteiger charge is -2.42. The number of rotatable bonds is 1. The molecule has 1 aromatic carbocycles. The van der Waals surface area contributed by atoms with Crippen molar-refractivity contribution in [3.8, 4) is 0 Å². The molecule has 0 saturated carbocycles. The van der Waals surface area contributed by atoms with Crippen molar-refractivity contribution in [1.29, 1.82) is 0 Å². The third kappa shape index (κ3) is 1.69. The number of halogens is 2. The van der Waals surface area contributed by atoms with Gasteiger partial charge in [-0.3, -0.25) is 10.1 Å². The third-order valence-electron chi connectivity index (χ3n) is 3.95. The van der Waals surface area contributed by atoms with Crippen LogP contribution < -0.4 is 0 Å². The Morgan fingerprint density at radius 3 is 2.90 bits per heavy atom. The highest BCUT2D eigenvalue weighted by atomic mass is 19.3. The van der Waals surface area contributed by atoms with Crippen LogP contribution in [-0.4, -0.2) is 23.9 Å². The van der Waals surface area contributed by atoms with Gasteiger partial charge in [-0.25, -0.2) is 4.99 Å². The Bertz CT molecular complexity index is 603. The van der Waals surface area contributed by atoms with Crippen LogP contribution in [0.25, 0.3) is 0 Å². The van der Waals surface area contributed by atoms with Crippen molar-refractivity contribution >= 4 is 12.1 Å². The quantitative estimate of drug-likeness (QED) is 0.587. The van der Waals surface area contributed by atoms with Crippen LogP contribution >= 0.6 is 0 Å². The fraction of sp³-hybridized carbons (Fsp3) is 0.462. The molecule has 0 bridgehead atoms. The maximum Gasteiger partial charge on any atom is 0.310 e. The third-order valence-corrected chi connectivity index (χ3v) is 3.95. The average molecular weight is 282 g/mol. The number of alkyl halides is 2. The predicted molar refractivity (Wildman–Crippen MR) is 67.1 cm³/mol. The molecule has 0 saturated heterocycles. The van der Waals surface area contributed by atoms with Crippen molar-refractivity contribution in [2.45, 2.75) is 30.7 Å². The van der Waals surface area contributed by atoms with E-state index in [1.165, 1.54) is 12.1 Å². The highest BCUT2D eigenvalue weighted by Gasteiger charge is 2.58. The minimum absolute atomic E-state index is 0.161. The smallest absolute Gasteiger partial charge is 0.310 e. The van der Waals surface area contributed by atoms with Crippen LogP contribution in [0.15, 0.2) is 23.2 Å². The molecule has 0 aromatic heterocycles. The molecule has 2 aliphatic rings. The molecule has 0 fully saturated rings. The lowest BCUT2D eigenvalue weighted by atomic mass is 9.72. The second-order valence-corrected chi connectivity index (χ2v) is 5.06. The molecule has 7 heteroatoms. The topological polar surface area (TPSA) is 64.7 Å². The summed E-state index contributed by atoms with van der Waals surface area (Å²) in [6.45, 7) is -0.751. The Morgan fingerprint density at radius 2 is 2.20 bits per heavy atom. The fourth-order valence-corrected chi connectivity index (χ4v) is 2.95. The molecule has 1 aliphatic carbocycles. The molecule has 1 atom stereocenters. The largest absolute Gasteiger partial charge is 0.477 e. The summed E-state index contributed by atoms with van der Waals surface area (Å²) in [6.07, 6.45) is 2.39. The standard InChI is InChI=1S/C13H12F2N2O3/c14-13(15)7-20-8-16-12(13)5-1-2-9-3-4-10(17(18)19)6-11(9)12/h3-4,6,8H,1-2,5,7H2/t12-/m1/s1. The van der Waals surface area contributed by atoms with Crippen LogP contribution in [0.1, 0.15) is 24.0 Å². The van der Waals surface area contributed by atoms with E-state index in [1.54, 1.807) is 6.07 Å². The molecule has 20 heavy (non-hydrogen) atoms. The van der Waals surface area contributed by atoms with Crippen LogP contribution in [0.3, 0.4) is 0 Å². The monoisotopic (exact) mass is 282 g/mol. The predicted octanol–water partition coefficient (Wildman–Crippen LogP) is 2.82. The first-order chi connectivity index (χ1) is 9.46. The molecule has 5 nitrogen and oxygen atoms in total. The normalized spacial score (nSPS) is 26.9. The Morgan fingerprint density at radius 1 is 1.40 bits per heavy atom. The molecule has 0 radical (unpaired) electrons. The van der Waals surface area contributed by atoms with E-state index in [-0.39, 0.29) is 17.7 Å². The lowest BCUT2D eigenvalue weighted by molar-refractivity contribution is -0.385. The summed E-state index contributed by atoms with van der Waals surface area (Å²) in [4.78, 5) is 14.2. The number of ether oxygens (including phenoxy) is 1. The zero-order valence-corrected chi connectivity index (χ0v) is 10.5. The second kappa shape index (κ2) is 4.22. The first-order valence-corrected chi connectivity index (χ1v) is 6.27. The van der Waals surface area contributed by atoms with Crippen molar-refractivity contribution in [3.05, 3.63) is 39.4 Å². The van der Waals surface area contributed by atoms with Gasteiger partial charge in [-0.05, 0) is 30.4 Å². The fourth-order valence-electron chi connectivity index (χ4n) is 2.95. The van der Waals surface area contributed by atoms with E-state index in [1.807, 2.05) is 0 Å². The summed E-state index contributed by atoms with van der Waals surface area (Å²) in [6, 6.07) is 4.12. The van der Waals surface area contributed by atoms with Gasteiger partial charge in [-0.1, -0.05) is 6.07 Å². The van der Waals surface area contributed by atoms with E-state index in [2.05, 4.69) is 9.73 Å². The molecular formula is C13H12F2N2O3. The van der Waals surface area contributed by atoms with Gasteiger partial charge in [0, 0.05) is 12.1 Å². The van der Waals surface area contributed by atoms with E-state index in [0.29, 0.717) is 18.4 Å². The molecule has 0 amide bonds. The molecule has 1 heterocycles. The minimum Gasteiger partial charge on any atom is -0.477 e.